The lowest BCUT2D eigenvalue weighted by Gasteiger charge is -2.49. The van der Waals surface area contributed by atoms with E-state index in [2.05, 4.69) is 80.7 Å². The Bertz CT molecular complexity index is 9090. The molecule has 10 heteroatoms. The molecule has 1 aliphatic heterocycles. The molecule has 1 fully saturated rings. The number of rotatable bonds is 5. The van der Waals surface area contributed by atoms with Gasteiger partial charge in [0.05, 0.1) is 54.3 Å². The average molecular weight is 1460 g/mol. The van der Waals surface area contributed by atoms with Crippen LogP contribution in [0.15, 0.2) is 79.5 Å². The molecule has 0 radical (unpaired) electrons. The minimum absolute atomic E-state index is 0. The highest BCUT2D eigenvalue weighted by Gasteiger charge is 2.80. The molecule has 5 aliphatic rings. The number of nitrogens with one attached hydrogen (secondary N) is 1. The van der Waals surface area contributed by atoms with Gasteiger partial charge in [-0.25, -0.2) is 10.4 Å². The number of fused-ring (bicyclic) bond motifs is 1. The van der Waals surface area contributed by atoms with E-state index >= 15 is 0 Å². The number of hydrazone groups is 1. The molecule has 37 rings (SSSR count). The van der Waals surface area contributed by atoms with E-state index in [-0.39, 0.29) is 46.9 Å². The lowest BCUT2D eigenvalue weighted by molar-refractivity contribution is -0.911. The lowest BCUT2D eigenvalue weighted by Crippen LogP contribution is -3.00. The predicted molar refractivity (Wildman–Crippen MR) is 403 cm³/mol. The van der Waals surface area contributed by atoms with Gasteiger partial charge in [-0.3, -0.25) is 14.2 Å². The third kappa shape index (κ3) is 2.99. The smallest absolute Gasteiger partial charge is 0.271 e. The summed E-state index contributed by atoms with van der Waals surface area (Å²) in [5, 5.41) is 92.9. The Morgan fingerprint density at radius 2 is 0.794 bits per heavy atom. The molecule has 0 saturated carbocycles. The van der Waals surface area contributed by atoms with Crippen molar-refractivity contribution >= 4 is 346 Å². The number of carbonyl (C=O) groups is 1. The molecule has 7 nitrogen and oxygen atoms in total. The summed E-state index contributed by atoms with van der Waals surface area (Å²) in [5.41, 5.74) is 12.7. The number of likely N-dealkylation sites (tertiary alicyclic amines) is 1. The topological polar surface area (TPSA) is 76.3 Å². The number of nitrogens with zero attached hydrogens (tertiary/aromatic N) is 4. The van der Waals surface area contributed by atoms with Crippen molar-refractivity contribution in [3.8, 4) is 5.69 Å². The van der Waals surface area contributed by atoms with Gasteiger partial charge in [-0.15, -0.1) is 0 Å². The van der Waals surface area contributed by atoms with Crippen LogP contribution in [0.2, 0.25) is 0 Å². The van der Waals surface area contributed by atoms with Crippen molar-refractivity contribution in [2.45, 2.75) is 23.8 Å². The van der Waals surface area contributed by atoms with Gasteiger partial charge >= 0.3 is 0 Å². The zero-order valence-corrected chi connectivity index (χ0v) is 55.7. The van der Waals surface area contributed by atoms with Crippen molar-refractivity contribution in [1.29, 1.82) is 0 Å². The molecule has 4 aliphatic carbocycles. The standard InChI is InChI=1S/C87H23Br2N5O2.HI/c1-16-91-82-22(12-20(88)13-23(82)89)85(96)93(16)21-10-8-19(9-11-21)84(95)92-90-14-17-4-6-18(7-5-17)83-87-80-74-68-58-46-38-30-26-24-25-28-32(30)40(46)50-44-36(28)37-29(25)33-31-27(24)35-34(26)42-48(38)56-62-52(42)53-43(35)49-39(31)47-41(33)51-45(37)55-54(44)66(60(50)68)76(80)77-67(55)61(51)69-59(47)65-57(49)63(53)71-70(62)78(72(74)64(56)58)86(87,15-94(83,2)3)79(71)73(65)75(69)81(77)87;/h4-14,83H,15H2,1-3H3;1H/b90-14+;. The number of carbonyl (C=O) groups excluding carboxylic acids is 1. The second kappa shape index (κ2) is 11.2. The van der Waals surface area contributed by atoms with Gasteiger partial charge in [-0.05, 0) is 378 Å². The Morgan fingerprint density at radius 3 is 1.13 bits per heavy atom. The van der Waals surface area contributed by atoms with Crippen molar-refractivity contribution in [1.82, 2.24) is 15.0 Å². The number of hydrogen-bond donors (Lipinski definition) is 1. The van der Waals surface area contributed by atoms with E-state index in [9.17, 15) is 9.59 Å². The minimum atomic E-state index is -0.452. The maximum absolute atomic E-state index is 14.0. The number of aromatic nitrogens is 2. The second-order valence-corrected chi connectivity index (χ2v) is 34.6. The Morgan fingerprint density at radius 1 is 0.474 bits per heavy atom. The van der Waals surface area contributed by atoms with Crippen LogP contribution in [0.4, 0.5) is 0 Å². The Hall–Kier alpha value is -9.95. The molecule has 430 valence electrons. The number of quaternary nitrogens is 1. The van der Waals surface area contributed by atoms with Gasteiger partial charge in [0.2, 0.25) is 0 Å². The van der Waals surface area contributed by atoms with Crippen LogP contribution in [-0.2, 0) is 10.8 Å². The molecule has 1 atom stereocenters. The Labute approximate surface area is 569 Å². The maximum Gasteiger partial charge on any atom is 0.271 e. The first-order valence-electron chi connectivity index (χ1n) is 34.1. The Balaban J connectivity index is 0.00000477. The van der Waals surface area contributed by atoms with Crippen LogP contribution in [0, 0.1) is 6.92 Å². The fourth-order valence-corrected chi connectivity index (χ4v) is 30.8. The molecular formula is C87H24Br2IN5O2. The van der Waals surface area contributed by atoms with Crippen molar-refractivity contribution in [3.63, 3.8) is 0 Å². The van der Waals surface area contributed by atoms with E-state index in [1.54, 1.807) is 354 Å². The number of hydrogen-bond acceptors (Lipinski definition) is 4. The van der Waals surface area contributed by atoms with Crippen LogP contribution in [0.1, 0.15) is 55.6 Å². The van der Waals surface area contributed by atoms with Crippen molar-refractivity contribution in [3.05, 3.63) is 125 Å². The lowest BCUT2D eigenvalue weighted by atomic mass is 9.47. The van der Waals surface area contributed by atoms with Gasteiger partial charge in [-0.1, -0.05) is 40.2 Å². The summed E-state index contributed by atoms with van der Waals surface area (Å²) < 4.78 is 3.97. The molecule has 1 saturated heterocycles. The van der Waals surface area contributed by atoms with Gasteiger partial charge < -0.3 is 28.5 Å². The summed E-state index contributed by atoms with van der Waals surface area (Å²) >= 11 is 7.13. The van der Waals surface area contributed by atoms with E-state index in [4.69, 9.17) is 4.98 Å². The molecule has 32 aromatic rings. The molecule has 1 unspecified atom stereocenters. The van der Waals surface area contributed by atoms with Gasteiger partial charge in [0.1, 0.15) is 11.9 Å². The number of halogens is 3. The van der Waals surface area contributed by atoms with Gasteiger partial charge in [-0.2, -0.15) is 5.10 Å². The maximum atomic E-state index is 14.0. The molecule has 97 heavy (non-hydrogen) atoms. The largest absolute Gasteiger partial charge is 1.00 e. The molecule has 1 aromatic heterocycles. The number of likely N-dealkylation sites (N-methyl/N-ethyl adjacent to an activating group) is 1. The van der Waals surface area contributed by atoms with E-state index < -0.39 is 5.41 Å². The van der Waals surface area contributed by atoms with Gasteiger partial charge in [0.15, 0.2) is 0 Å². The van der Waals surface area contributed by atoms with Gasteiger partial charge in [0, 0.05) is 20.1 Å². The summed E-state index contributed by atoms with van der Waals surface area (Å²) in [5.74, 6) is 0.226. The van der Waals surface area contributed by atoms with Crippen LogP contribution in [0.3, 0.4) is 0 Å². The Kier molecular flexibility index (Phi) is 5.07. The fourth-order valence-electron chi connectivity index (χ4n) is 29.5. The summed E-state index contributed by atoms with van der Waals surface area (Å²) in [4.78, 5) is 32.7. The minimum Gasteiger partial charge on any atom is -1.00 e. The molecule has 2 spiro atoms. The molecule has 1 N–H and O–H groups in total. The summed E-state index contributed by atoms with van der Waals surface area (Å²) in [7, 11) is 5.29. The zero-order valence-electron chi connectivity index (χ0n) is 50.4. The summed E-state index contributed by atoms with van der Waals surface area (Å²) in [6.45, 7) is 2.84. The van der Waals surface area contributed by atoms with Crippen molar-refractivity contribution in [2.24, 2.45) is 5.10 Å². The second-order valence-electron chi connectivity index (χ2n) is 32.8. The quantitative estimate of drug-likeness (QED) is 0.0613. The van der Waals surface area contributed by atoms with Crippen LogP contribution in [0.25, 0.3) is 307 Å². The summed E-state index contributed by atoms with van der Waals surface area (Å²) in [6, 6.07) is 20.3. The monoisotopic (exact) mass is 1450 g/mol. The van der Waals surface area contributed by atoms with E-state index in [0.29, 0.717) is 28.0 Å². The van der Waals surface area contributed by atoms with Crippen LogP contribution in [-0.4, -0.2) is 46.8 Å². The number of aryl methyl sites for hydroxylation is 1. The van der Waals surface area contributed by atoms with Crippen molar-refractivity contribution < 1.29 is 33.3 Å². The third-order valence-corrected chi connectivity index (χ3v) is 31.5. The van der Waals surface area contributed by atoms with E-state index in [0.717, 1.165) is 25.5 Å². The van der Waals surface area contributed by atoms with Crippen LogP contribution < -0.4 is 35.0 Å². The van der Waals surface area contributed by atoms with E-state index in [1.165, 1.54) is 5.56 Å². The highest BCUT2D eigenvalue weighted by Crippen LogP contribution is 2.87. The third-order valence-electron chi connectivity index (χ3n) is 30.4. The average Bonchev–Trinajstić information content (AvgIpc) is 1.38. The van der Waals surface area contributed by atoms with Crippen LogP contribution >= 0.6 is 31.9 Å². The van der Waals surface area contributed by atoms with E-state index in [1.807, 2.05) is 13.0 Å². The highest BCUT2D eigenvalue weighted by atomic mass is 127. The first-order valence-corrected chi connectivity index (χ1v) is 35.7. The van der Waals surface area contributed by atoms with Gasteiger partial charge in [0.25, 0.3) is 11.5 Å². The fraction of sp³-hybridized carbons (Fsp3) is 0.0805. The van der Waals surface area contributed by atoms with Crippen molar-refractivity contribution in [2.75, 3.05) is 20.6 Å². The first-order chi connectivity index (χ1) is 47.1. The zero-order chi connectivity index (χ0) is 60.1. The number of amides is 1. The molecule has 31 aromatic carbocycles. The molecular weight excluding hydrogens is 1430 g/mol. The number of benzene rings is 21. The highest BCUT2D eigenvalue weighted by molar-refractivity contribution is 9.11. The summed E-state index contributed by atoms with van der Waals surface area (Å²) in [6.07, 6.45) is 1.80. The normalized spacial score (nSPS) is 20.8. The molecule has 1 amide bonds. The SMILES string of the molecule is Cc1nc2c(Br)cc(Br)cc2c(=O)n1-c1ccc(C(=O)N/N=C/c2ccc(C3C45c6c7c8c9c%10c%11c(c%12c%13c4c4c6c6c%14c7c7c8c8c%10c%10c%15c%11c%11c%12c%12c%13c%13c4c4c6c6c%14c%14c7c7c8c%10c8c%10c%15c%11c%11c%12c%12c%13c4c4c6c6c%14c7c8c7c%10c%11c%12c4c67)C95C[N+]3(C)C)cc2)cc1.[I-]. The molecule has 0 bridgehead atoms. The van der Waals surface area contributed by atoms with Crippen LogP contribution in [0.5, 0.6) is 0 Å². The molecule has 2 heterocycles. The first kappa shape index (κ1) is 44.0. The predicted octanol–water partition coefficient (Wildman–Crippen LogP) is 18.4.